The number of piperidine rings is 1. The van der Waals surface area contributed by atoms with Crippen molar-refractivity contribution in [3.8, 4) is 5.69 Å². The van der Waals surface area contributed by atoms with Crippen molar-refractivity contribution in [3.05, 3.63) is 47.3 Å². The Bertz CT molecular complexity index is 756. The highest BCUT2D eigenvalue weighted by Gasteiger charge is 2.18. The first kappa shape index (κ1) is 18.6. The second-order valence-corrected chi connectivity index (χ2v) is 7.14. The largest absolute Gasteiger partial charge is 0.396 e. The number of likely N-dealkylation sites (tertiary alicyclic amines) is 1. The molecule has 1 saturated heterocycles. The Labute approximate surface area is 154 Å². The third-order valence-electron chi connectivity index (χ3n) is 4.94. The van der Waals surface area contributed by atoms with Crippen molar-refractivity contribution in [2.24, 2.45) is 5.92 Å². The maximum absolute atomic E-state index is 12.5. The Morgan fingerprint density at radius 3 is 2.92 bits per heavy atom. The van der Waals surface area contributed by atoms with Crippen LogP contribution in [0.1, 0.15) is 34.6 Å². The number of rotatable bonds is 6. The van der Waals surface area contributed by atoms with Crippen molar-refractivity contribution in [1.82, 2.24) is 20.0 Å². The van der Waals surface area contributed by atoms with E-state index < -0.39 is 0 Å². The van der Waals surface area contributed by atoms with Crippen LogP contribution in [-0.4, -0.2) is 58.5 Å². The summed E-state index contributed by atoms with van der Waals surface area (Å²) in [5, 5.41) is 16.8. The predicted molar refractivity (Wildman–Crippen MR) is 102 cm³/mol. The van der Waals surface area contributed by atoms with E-state index in [0.717, 1.165) is 49.6 Å². The van der Waals surface area contributed by atoms with Crippen LogP contribution in [0.25, 0.3) is 5.69 Å². The number of amides is 1. The zero-order chi connectivity index (χ0) is 18.5. The minimum atomic E-state index is -0.0656. The molecule has 2 heterocycles. The number of hydrogen-bond acceptors (Lipinski definition) is 4. The molecule has 1 aliphatic rings. The van der Waals surface area contributed by atoms with E-state index in [2.05, 4.69) is 15.3 Å². The number of nitrogens with one attached hydrogen (secondary N) is 1. The number of hydrogen-bond donors (Lipinski definition) is 2. The van der Waals surface area contributed by atoms with Crippen molar-refractivity contribution in [2.75, 3.05) is 32.8 Å². The SMILES string of the molecule is Cc1cc(C)n(-c2cccc(C(=O)NCCN3CCCC(CO)C3)c2)n1. The molecule has 6 heteroatoms. The Hall–Kier alpha value is -2.18. The summed E-state index contributed by atoms with van der Waals surface area (Å²) in [4.78, 5) is 14.8. The molecular weight excluding hydrogens is 328 g/mol. The fourth-order valence-corrected chi connectivity index (χ4v) is 3.60. The molecule has 1 atom stereocenters. The highest BCUT2D eigenvalue weighted by Crippen LogP contribution is 2.15. The smallest absolute Gasteiger partial charge is 0.251 e. The van der Waals surface area contributed by atoms with Crippen LogP contribution in [0.3, 0.4) is 0 Å². The normalized spacial score (nSPS) is 18.0. The number of aromatic nitrogens is 2. The molecule has 1 amide bonds. The van der Waals surface area contributed by atoms with Gasteiger partial charge in [-0.2, -0.15) is 5.10 Å². The van der Waals surface area contributed by atoms with Crippen molar-refractivity contribution in [3.63, 3.8) is 0 Å². The third-order valence-corrected chi connectivity index (χ3v) is 4.94. The molecule has 2 aromatic rings. The minimum Gasteiger partial charge on any atom is -0.396 e. The van der Waals surface area contributed by atoms with E-state index in [-0.39, 0.29) is 12.5 Å². The van der Waals surface area contributed by atoms with Gasteiger partial charge in [-0.15, -0.1) is 0 Å². The van der Waals surface area contributed by atoms with Crippen LogP contribution in [0.2, 0.25) is 0 Å². The molecule has 26 heavy (non-hydrogen) atoms. The summed E-state index contributed by atoms with van der Waals surface area (Å²) in [5.41, 5.74) is 3.54. The summed E-state index contributed by atoms with van der Waals surface area (Å²) >= 11 is 0. The van der Waals surface area contributed by atoms with Gasteiger partial charge in [0, 0.05) is 37.5 Å². The van der Waals surface area contributed by atoms with Gasteiger partial charge < -0.3 is 15.3 Å². The van der Waals surface area contributed by atoms with Gasteiger partial charge in [-0.3, -0.25) is 4.79 Å². The van der Waals surface area contributed by atoms with E-state index in [0.29, 0.717) is 18.0 Å². The third kappa shape index (κ3) is 4.51. The highest BCUT2D eigenvalue weighted by molar-refractivity contribution is 5.94. The summed E-state index contributed by atoms with van der Waals surface area (Å²) in [6, 6.07) is 9.56. The Kier molecular flexibility index (Phi) is 6.06. The first-order chi connectivity index (χ1) is 12.6. The lowest BCUT2D eigenvalue weighted by atomic mass is 9.99. The van der Waals surface area contributed by atoms with E-state index in [1.54, 1.807) is 0 Å². The summed E-state index contributed by atoms with van der Waals surface area (Å²) in [6.45, 7) is 7.61. The van der Waals surface area contributed by atoms with Gasteiger partial charge in [-0.05, 0) is 63.4 Å². The fourth-order valence-electron chi connectivity index (χ4n) is 3.60. The standard InChI is InChI=1S/C20H28N4O2/c1-15-11-16(2)24(22-15)19-7-3-6-18(12-19)20(26)21-8-10-23-9-4-5-17(13-23)14-25/h3,6-7,11-12,17,25H,4-5,8-10,13-14H2,1-2H3,(H,21,26). The lowest BCUT2D eigenvalue weighted by Crippen LogP contribution is -2.41. The van der Waals surface area contributed by atoms with Gasteiger partial charge in [0.1, 0.15) is 0 Å². The van der Waals surface area contributed by atoms with Crippen molar-refractivity contribution in [2.45, 2.75) is 26.7 Å². The predicted octanol–water partition coefficient (Wildman–Crippen LogP) is 1.92. The maximum atomic E-state index is 12.5. The Balaban J connectivity index is 1.57. The molecule has 1 unspecified atom stereocenters. The maximum Gasteiger partial charge on any atom is 0.251 e. The topological polar surface area (TPSA) is 70.4 Å². The second kappa shape index (κ2) is 8.47. The summed E-state index contributed by atoms with van der Waals surface area (Å²) in [7, 11) is 0. The number of aliphatic hydroxyl groups is 1. The number of carbonyl (C=O) groups is 1. The van der Waals surface area contributed by atoms with Crippen LogP contribution in [-0.2, 0) is 0 Å². The number of carbonyl (C=O) groups excluding carboxylic acids is 1. The molecule has 0 aliphatic carbocycles. The molecule has 0 spiro atoms. The van der Waals surface area contributed by atoms with Gasteiger partial charge >= 0.3 is 0 Å². The lowest BCUT2D eigenvalue weighted by Gasteiger charge is -2.31. The van der Waals surface area contributed by atoms with Gasteiger partial charge in [0.05, 0.1) is 11.4 Å². The zero-order valence-corrected chi connectivity index (χ0v) is 15.6. The number of aryl methyl sites for hydroxylation is 2. The van der Waals surface area contributed by atoms with Gasteiger partial charge in [-0.1, -0.05) is 6.07 Å². The molecule has 2 N–H and O–H groups in total. The van der Waals surface area contributed by atoms with E-state index in [9.17, 15) is 9.90 Å². The van der Waals surface area contributed by atoms with Gasteiger partial charge in [0.25, 0.3) is 5.91 Å². The molecule has 0 saturated carbocycles. The monoisotopic (exact) mass is 356 g/mol. The molecular formula is C20H28N4O2. The number of aliphatic hydroxyl groups excluding tert-OH is 1. The number of nitrogens with zero attached hydrogens (tertiary/aromatic N) is 3. The molecule has 1 aliphatic heterocycles. The van der Waals surface area contributed by atoms with Crippen molar-refractivity contribution in [1.29, 1.82) is 0 Å². The van der Waals surface area contributed by atoms with E-state index >= 15 is 0 Å². The Morgan fingerprint density at radius 2 is 2.19 bits per heavy atom. The number of benzene rings is 1. The molecule has 0 radical (unpaired) electrons. The fraction of sp³-hybridized carbons (Fsp3) is 0.500. The molecule has 3 rings (SSSR count). The molecule has 1 fully saturated rings. The van der Waals surface area contributed by atoms with E-state index in [1.165, 1.54) is 0 Å². The van der Waals surface area contributed by atoms with Gasteiger partial charge in [0.2, 0.25) is 0 Å². The average Bonchev–Trinajstić information content (AvgIpc) is 3.00. The molecule has 1 aromatic carbocycles. The lowest BCUT2D eigenvalue weighted by molar-refractivity contribution is 0.0930. The summed E-state index contributed by atoms with van der Waals surface area (Å²) in [6.07, 6.45) is 2.21. The van der Waals surface area contributed by atoms with Crippen molar-refractivity contribution < 1.29 is 9.90 Å². The first-order valence-corrected chi connectivity index (χ1v) is 9.32. The zero-order valence-electron chi connectivity index (χ0n) is 15.6. The second-order valence-electron chi connectivity index (χ2n) is 7.14. The van der Waals surface area contributed by atoms with Crippen LogP contribution in [0, 0.1) is 19.8 Å². The summed E-state index contributed by atoms with van der Waals surface area (Å²) in [5.74, 6) is 0.306. The van der Waals surface area contributed by atoms with Crippen molar-refractivity contribution >= 4 is 5.91 Å². The van der Waals surface area contributed by atoms with Gasteiger partial charge in [0.15, 0.2) is 0 Å². The molecule has 6 nitrogen and oxygen atoms in total. The molecule has 140 valence electrons. The van der Waals surface area contributed by atoms with E-state index in [1.807, 2.05) is 48.9 Å². The molecule has 1 aromatic heterocycles. The van der Waals surface area contributed by atoms with Crippen LogP contribution < -0.4 is 5.32 Å². The highest BCUT2D eigenvalue weighted by atomic mass is 16.3. The molecule has 0 bridgehead atoms. The summed E-state index contributed by atoms with van der Waals surface area (Å²) < 4.78 is 1.86. The van der Waals surface area contributed by atoms with Crippen LogP contribution in [0.5, 0.6) is 0 Å². The first-order valence-electron chi connectivity index (χ1n) is 9.32. The Morgan fingerprint density at radius 1 is 1.35 bits per heavy atom. The average molecular weight is 356 g/mol. The van der Waals surface area contributed by atoms with Gasteiger partial charge in [-0.25, -0.2) is 4.68 Å². The minimum absolute atomic E-state index is 0.0656. The quantitative estimate of drug-likeness (QED) is 0.830. The van der Waals surface area contributed by atoms with Crippen LogP contribution >= 0.6 is 0 Å². The van der Waals surface area contributed by atoms with Crippen LogP contribution in [0.15, 0.2) is 30.3 Å². The van der Waals surface area contributed by atoms with E-state index in [4.69, 9.17) is 0 Å². The van der Waals surface area contributed by atoms with Crippen LogP contribution in [0.4, 0.5) is 0 Å².